The number of ketones is 1. The zero-order valence-corrected chi connectivity index (χ0v) is 15.3. The molecule has 0 aliphatic heterocycles. The molecule has 0 heterocycles. The number of nitrogens with two attached hydrogens (primary N) is 1. The summed E-state index contributed by atoms with van der Waals surface area (Å²) in [7, 11) is 0. The molecule has 0 saturated heterocycles. The van der Waals surface area contributed by atoms with Crippen molar-refractivity contribution in [1.82, 2.24) is 0 Å². The number of rotatable bonds is 4. The van der Waals surface area contributed by atoms with Crippen LogP contribution in [0.5, 0.6) is 0 Å². The number of nitrogen functional groups attached to an aromatic ring is 1. The lowest BCUT2D eigenvalue weighted by molar-refractivity contribution is 0.0899. The van der Waals surface area contributed by atoms with E-state index in [1.54, 1.807) is 11.8 Å². The molecule has 0 fully saturated rings. The number of anilines is 1. The van der Waals surface area contributed by atoms with Crippen LogP contribution in [0.15, 0.2) is 83.8 Å². The molecular formula is C23H21NOS. The quantitative estimate of drug-likeness (QED) is 0.491. The predicted octanol–water partition coefficient (Wildman–Crippen LogP) is 5.55. The van der Waals surface area contributed by atoms with E-state index in [0.717, 1.165) is 29.0 Å². The van der Waals surface area contributed by atoms with Crippen molar-refractivity contribution in [3.8, 4) is 0 Å². The van der Waals surface area contributed by atoms with E-state index in [-0.39, 0.29) is 17.0 Å². The van der Waals surface area contributed by atoms with Gasteiger partial charge in [-0.3, -0.25) is 4.79 Å². The van der Waals surface area contributed by atoms with Crippen molar-refractivity contribution >= 4 is 23.2 Å². The molecule has 0 bridgehead atoms. The number of hydrogen-bond donors (Lipinski definition) is 1. The smallest absolute Gasteiger partial charge is 0.167 e. The summed E-state index contributed by atoms with van der Waals surface area (Å²) in [5, 5.41) is 0.0572. The minimum atomic E-state index is -0.0445. The molecule has 0 radical (unpaired) electrons. The maximum absolute atomic E-state index is 13.3. The number of aryl methyl sites for hydroxylation is 1. The van der Waals surface area contributed by atoms with E-state index in [0.29, 0.717) is 0 Å². The topological polar surface area (TPSA) is 43.1 Å². The van der Waals surface area contributed by atoms with Crippen LogP contribution >= 0.6 is 11.8 Å². The number of carbonyl (C=O) groups excluding carboxylic acids is 1. The monoisotopic (exact) mass is 359 g/mol. The van der Waals surface area contributed by atoms with Crippen LogP contribution in [0, 0.1) is 5.92 Å². The lowest BCUT2D eigenvalue weighted by Gasteiger charge is -2.30. The van der Waals surface area contributed by atoms with Crippen molar-refractivity contribution < 1.29 is 4.79 Å². The lowest BCUT2D eigenvalue weighted by Crippen LogP contribution is -2.27. The Morgan fingerprint density at radius 1 is 0.885 bits per heavy atom. The molecule has 1 aliphatic rings. The summed E-state index contributed by atoms with van der Waals surface area (Å²) in [4.78, 5) is 14.3. The van der Waals surface area contributed by atoms with Gasteiger partial charge in [-0.1, -0.05) is 66.7 Å². The molecule has 0 spiro atoms. The Kier molecular flexibility index (Phi) is 4.81. The number of fused-ring (bicyclic) bond motifs is 1. The predicted molar refractivity (Wildman–Crippen MR) is 108 cm³/mol. The van der Waals surface area contributed by atoms with Crippen molar-refractivity contribution in [3.05, 3.63) is 95.6 Å². The van der Waals surface area contributed by atoms with Gasteiger partial charge in [-0.2, -0.15) is 0 Å². The summed E-state index contributed by atoms with van der Waals surface area (Å²) >= 11 is 1.71. The molecule has 2 atom stereocenters. The molecule has 130 valence electrons. The molecule has 2 unspecified atom stereocenters. The summed E-state index contributed by atoms with van der Waals surface area (Å²) in [6.45, 7) is 0. The maximum atomic E-state index is 13.3. The van der Waals surface area contributed by atoms with Crippen LogP contribution in [0.1, 0.15) is 33.2 Å². The van der Waals surface area contributed by atoms with Crippen molar-refractivity contribution in [2.45, 2.75) is 23.0 Å². The third kappa shape index (κ3) is 3.27. The second kappa shape index (κ2) is 7.38. The highest BCUT2D eigenvalue weighted by molar-refractivity contribution is 7.99. The van der Waals surface area contributed by atoms with Gasteiger partial charge in [0.05, 0.1) is 0 Å². The minimum absolute atomic E-state index is 0.0445. The fourth-order valence-electron chi connectivity index (χ4n) is 3.66. The van der Waals surface area contributed by atoms with E-state index in [1.165, 1.54) is 11.1 Å². The van der Waals surface area contributed by atoms with Gasteiger partial charge < -0.3 is 5.73 Å². The van der Waals surface area contributed by atoms with Gasteiger partial charge in [0.25, 0.3) is 0 Å². The van der Waals surface area contributed by atoms with Crippen molar-refractivity contribution in [2.75, 3.05) is 5.73 Å². The fraction of sp³-hybridized carbons (Fsp3) is 0.174. The lowest BCUT2D eigenvalue weighted by atomic mass is 9.79. The van der Waals surface area contributed by atoms with Crippen LogP contribution in [0.25, 0.3) is 0 Å². The van der Waals surface area contributed by atoms with E-state index >= 15 is 0 Å². The Bertz CT molecular complexity index is 922. The van der Waals surface area contributed by atoms with Gasteiger partial charge in [-0.05, 0) is 36.1 Å². The molecule has 2 nitrogen and oxygen atoms in total. The summed E-state index contributed by atoms with van der Waals surface area (Å²) in [6, 6.07) is 26.2. The molecule has 3 aromatic rings. The number of Topliss-reactive ketones (excluding diaryl/α,β-unsaturated/α-hetero) is 1. The van der Waals surface area contributed by atoms with Crippen LogP contribution in [0.3, 0.4) is 0 Å². The van der Waals surface area contributed by atoms with Crippen molar-refractivity contribution in [3.63, 3.8) is 0 Å². The first-order valence-electron chi connectivity index (χ1n) is 8.92. The molecular weight excluding hydrogens is 338 g/mol. The largest absolute Gasteiger partial charge is 0.398 e. The first kappa shape index (κ1) is 16.9. The van der Waals surface area contributed by atoms with E-state index in [1.807, 2.05) is 60.7 Å². The van der Waals surface area contributed by atoms with Crippen LogP contribution in [-0.2, 0) is 6.42 Å². The summed E-state index contributed by atoms with van der Waals surface area (Å²) < 4.78 is 0. The van der Waals surface area contributed by atoms with E-state index in [9.17, 15) is 4.79 Å². The summed E-state index contributed by atoms with van der Waals surface area (Å²) in [6.07, 6.45) is 1.82. The number of para-hydroxylation sites is 1. The molecule has 0 amide bonds. The highest BCUT2D eigenvalue weighted by Crippen LogP contribution is 2.46. The Morgan fingerprint density at radius 2 is 1.58 bits per heavy atom. The Balaban J connectivity index is 1.72. The number of thioether (sulfide) groups is 1. The highest BCUT2D eigenvalue weighted by atomic mass is 32.2. The third-order valence-corrected chi connectivity index (χ3v) is 6.49. The molecule has 4 rings (SSSR count). The van der Waals surface area contributed by atoms with Gasteiger partial charge in [0.1, 0.15) is 0 Å². The van der Waals surface area contributed by atoms with Gasteiger partial charge in [0, 0.05) is 27.3 Å². The molecule has 2 N–H and O–H groups in total. The zero-order chi connectivity index (χ0) is 17.9. The van der Waals surface area contributed by atoms with Gasteiger partial charge in [0.15, 0.2) is 5.78 Å². The first-order valence-corrected chi connectivity index (χ1v) is 9.80. The Labute approximate surface area is 158 Å². The summed E-state index contributed by atoms with van der Waals surface area (Å²) in [5.41, 5.74) is 10.2. The van der Waals surface area contributed by atoms with Gasteiger partial charge >= 0.3 is 0 Å². The molecule has 1 aliphatic carbocycles. The van der Waals surface area contributed by atoms with Crippen molar-refractivity contribution in [2.24, 2.45) is 5.92 Å². The minimum Gasteiger partial charge on any atom is -0.398 e. The van der Waals surface area contributed by atoms with Gasteiger partial charge in [-0.25, -0.2) is 0 Å². The van der Waals surface area contributed by atoms with Gasteiger partial charge in [-0.15, -0.1) is 11.8 Å². The second-order valence-corrected chi connectivity index (χ2v) is 7.84. The summed E-state index contributed by atoms with van der Waals surface area (Å²) in [5.74, 6) is 0.208. The number of carbonyl (C=O) groups is 1. The number of benzene rings is 3. The standard InChI is InChI=1S/C23H21NOS/c24-20-12-6-7-13-21(20)26-23(17-9-2-1-3-10-17)19-15-14-16-8-4-5-11-18(16)22(19)25/h1-13,19,23H,14-15,24H2. The van der Waals surface area contributed by atoms with Crippen LogP contribution in [0.2, 0.25) is 0 Å². The maximum Gasteiger partial charge on any atom is 0.167 e. The van der Waals surface area contributed by atoms with E-state index in [2.05, 4.69) is 18.2 Å². The highest BCUT2D eigenvalue weighted by Gasteiger charge is 2.35. The molecule has 0 saturated carbocycles. The zero-order valence-electron chi connectivity index (χ0n) is 14.5. The van der Waals surface area contributed by atoms with Crippen LogP contribution in [0.4, 0.5) is 5.69 Å². The molecule has 3 aromatic carbocycles. The normalized spacial score (nSPS) is 17.5. The number of hydrogen-bond acceptors (Lipinski definition) is 3. The first-order chi connectivity index (χ1) is 12.7. The van der Waals surface area contributed by atoms with Gasteiger partial charge in [0.2, 0.25) is 0 Å². The van der Waals surface area contributed by atoms with Crippen LogP contribution in [-0.4, -0.2) is 5.78 Å². The SMILES string of the molecule is Nc1ccccc1SC(c1ccccc1)C1CCc2ccccc2C1=O. The van der Waals surface area contributed by atoms with E-state index in [4.69, 9.17) is 5.73 Å². The third-order valence-electron chi connectivity index (χ3n) is 5.01. The van der Waals surface area contributed by atoms with Crippen molar-refractivity contribution in [1.29, 1.82) is 0 Å². The Hall–Kier alpha value is -2.52. The molecule has 3 heteroatoms. The van der Waals surface area contributed by atoms with E-state index < -0.39 is 0 Å². The average molecular weight is 359 g/mol. The molecule has 26 heavy (non-hydrogen) atoms. The Morgan fingerprint density at radius 3 is 2.38 bits per heavy atom. The average Bonchev–Trinajstić information content (AvgIpc) is 2.69. The fourth-order valence-corrected chi connectivity index (χ4v) is 5.01. The molecule has 0 aromatic heterocycles. The van der Waals surface area contributed by atoms with Crippen LogP contribution < -0.4 is 5.73 Å². The second-order valence-electron chi connectivity index (χ2n) is 6.65.